The molecular formula is C13H19NO2. The molecule has 0 heterocycles. The van der Waals surface area contributed by atoms with Crippen LogP contribution in [0.5, 0.6) is 0 Å². The number of nitriles is 1. The summed E-state index contributed by atoms with van der Waals surface area (Å²) in [6.45, 7) is 1.97. The highest BCUT2D eigenvalue weighted by Crippen LogP contribution is 2.40. The molecule has 88 valence electrons. The van der Waals surface area contributed by atoms with Crippen molar-refractivity contribution in [1.82, 2.24) is 0 Å². The Balaban J connectivity index is 2.82. The zero-order chi connectivity index (χ0) is 12.0. The number of aliphatic carboxylic acids is 1. The maximum Gasteiger partial charge on any atom is 0.303 e. The van der Waals surface area contributed by atoms with Gasteiger partial charge in [0.2, 0.25) is 0 Å². The quantitative estimate of drug-likeness (QED) is 0.725. The fourth-order valence-electron chi connectivity index (χ4n) is 2.36. The minimum Gasteiger partial charge on any atom is -0.481 e. The lowest BCUT2D eigenvalue weighted by molar-refractivity contribution is -0.137. The molecule has 0 aliphatic heterocycles. The highest BCUT2D eigenvalue weighted by Gasteiger charge is 2.33. The van der Waals surface area contributed by atoms with Crippen LogP contribution in [0.4, 0.5) is 0 Å². The average molecular weight is 221 g/mol. The smallest absolute Gasteiger partial charge is 0.303 e. The van der Waals surface area contributed by atoms with E-state index < -0.39 is 11.4 Å². The molecule has 1 atom stereocenters. The van der Waals surface area contributed by atoms with Crippen LogP contribution in [0.2, 0.25) is 0 Å². The molecule has 0 aromatic carbocycles. The second-order valence-electron chi connectivity index (χ2n) is 4.42. The second-order valence-corrected chi connectivity index (χ2v) is 4.42. The SMILES string of the molecule is CCC(C#N)(CCC(=O)O)C1=CCCCC1. The molecule has 3 heteroatoms. The van der Waals surface area contributed by atoms with Gasteiger partial charge in [0.25, 0.3) is 0 Å². The maximum atomic E-state index is 10.6. The zero-order valence-electron chi connectivity index (χ0n) is 9.83. The van der Waals surface area contributed by atoms with Gasteiger partial charge >= 0.3 is 5.97 Å². The summed E-state index contributed by atoms with van der Waals surface area (Å²) >= 11 is 0. The minimum atomic E-state index is -0.815. The predicted octanol–water partition coefficient (Wildman–Crippen LogP) is 3.27. The van der Waals surface area contributed by atoms with E-state index in [1.54, 1.807) is 0 Å². The molecule has 1 unspecified atom stereocenters. The normalized spacial score (nSPS) is 19.4. The van der Waals surface area contributed by atoms with E-state index in [1.807, 2.05) is 6.92 Å². The van der Waals surface area contributed by atoms with E-state index in [0.717, 1.165) is 19.3 Å². The Morgan fingerprint density at radius 3 is 2.81 bits per heavy atom. The first-order valence-electron chi connectivity index (χ1n) is 5.97. The largest absolute Gasteiger partial charge is 0.481 e. The van der Waals surface area contributed by atoms with Gasteiger partial charge in [-0.05, 0) is 38.5 Å². The number of carboxylic acid groups (broad SMARTS) is 1. The van der Waals surface area contributed by atoms with E-state index in [9.17, 15) is 10.1 Å². The summed E-state index contributed by atoms with van der Waals surface area (Å²) in [7, 11) is 0. The molecule has 1 rings (SSSR count). The van der Waals surface area contributed by atoms with Crippen molar-refractivity contribution in [2.24, 2.45) is 5.41 Å². The monoisotopic (exact) mass is 221 g/mol. The predicted molar refractivity (Wildman–Crippen MR) is 61.8 cm³/mol. The standard InChI is InChI=1S/C13H19NO2/c1-2-13(10-14,9-8-12(15)16)11-6-4-3-5-7-11/h6H,2-5,7-9H2,1H3,(H,15,16). The van der Waals surface area contributed by atoms with Crippen molar-refractivity contribution in [2.45, 2.75) is 51.9 Å². The van der Waals surface area contributed by atoms with Gasteiger partial charge in [0.1, 0.15) is 0 Å². The van der Waals surface area contributed by atoms with E-state index in [2.05, 4.69) is 12.1 Å². The van der Waals surface area contributed by atoms with E-state index in [0.29, 0.717) is 12.8 Å². The summed E-state index contributed by atoms with van der Waals surface area (Å²) in [5.41, 5.74) is 0.642. The molecule has 0 amide bonds. The van der Waals surface area contributed by atoms with Crippen LogP contribution >= 0.6 is 0 Å². The summed E-state index contributed by atoms with van der Waals surface area (Å²) < 4.78 is 0. The molecule has 0 saturated carbocycles. The van der Waals surface area contributed by atoms with E-state index in [1.165, 1.54) is 12.0 Å². The lowest BCUT2D eigenvalue weighted by Crippen LogP contribution is -2.23. The lowest BCUT2D eigenvalue weighted by atomic mass is 9.72. The van der Waals surface area contributed by atoms with Crippen molar-refractivity contribution >= 4 is 5.97 Å². The summed E-state index contributed by atoms with van der Waals surface area (Å²) in [4.78, 5) is 10.6. The van der Waals surface area contributed by atoms with Crippen LogP contribution in [0.25, 0.3) is 0 Å². The van der Waals surface area contributed by atoms with Crippen molar-refractivity contribution in [3.63, 3.8) is 0 Å². The van der Waals surface area contributed by atoms with Gasteiger partial charge in [-0.15, -0.1) is 0 Å². The number of rotatable bonds is 5. The molecule has 16 heavy (non-hydrogen) atoms. The second kappa shape index (κ2) is 5.69. The molecule has 0 fully saturated rings. The van der Waals surface area contributed by atoms with Gasteiger partial charge in [-0.1, -0.05) is 18.6 Å². The average Bonchev–Trinajstić information content (AvgIpc) is 2.32. The van der Waals surface area contributed by atoms with Gasteiger partial charge in [-0.2, -0.15) is 5.26 Å². The number of hydrogen-bond acceptors (Lipinski definition) is 2. The third-order valence-electron chi connectivity index (χ3n) is 3.49. The Morgan fingerprint density at radius 1 is 1.62 bits per heavy atom. The summed E-state index contributed by atoms with van der Waals surface area (Å²) in [5.74, 6) is -0.815. The molecule has 1 aliphatic carbocycles. The van der Waals surface area contributed by atoms with Crippen LogP contribution in [-0.4, -0.2) is 11.1 Å². The van der Waals surface area contributed by atoms with Crippen molar-refractivity contribution in [3.8, 4) is 6.07 Å². The Morgan fingerprint density at radius 2 is 2.38 bits per heavy atom. The highest BCUT2D eigenvalue weighted by atomic mass is 16.4. The Labute approximate surface area is 96.8 Å². The summed E-state index contributed by atoms with van der Waals surface area (Å²) in [6, 6.07) is 2.36. The third-order valence-corrected chi connectivity index (χ3v) is 3.49. The Kier molecular flexibility index (Phi) is 4.54. The topological polar surface area (TPSA) is 61.1 Å². The third kappa shape index (κ3) is 2.85. The van der Waals surface area contributed by atoms with Gasteiger partial charge in [0.15, 0.2) is 0 Å². The first-order valence-corrected chi connectivity index (χ1v) is 5.97. The Hall–Kier alpha value is -1.30. The van der Waals surface area contributed by atoms with E-state index in [-0.39, 0.29) is 6.42 Å². The van der Waals surface area contributed by atoms with Crippen LogP contribution in [0.1, 0.15) is 51.9 Å². The fourth-order valence-corrected chi connectivity index (χ4v) is 2.36. The molecular weight excluding hydrogens is 202 g/mol. The Bertz CT molecular complexity index is 327. The minimum absolute atomic E-state index is 0.0821. The van der Waals surface area contributed by atoms with Gasteiger partial charge < -0.3 is 5.11 Å². The van der Waals surface area contributed by atoms with Crippen molar-refractivity contribution in [3.05, 3.63) is 11.6 Å². The summed E-state index contributed by atoms with van der Waals surface area (Å²) in [5, 5.41) is 18.1. The number of carboxylic acids is 1. The van der Waals surface area contributed by atoms with Gasteiger partial charge in [-0.3, -0.25) is 4.79 Å². The molecule has 1 N–H and O–H groups in total. The number of nitrogens with zero attached hydrogens (tertiary/aromatic N) is 1. The van der Waals surface area contributed by atoms with E-state index in [4.69, 9.17) is 5.11 Å². The fraction of sp³-hybridized carbons (Fsp3) is 0.692. The number of allylic oxidation sites excluding steroid dienone is 2. The number of hydrogen-bond donors (Lipinski definition) is 1. The van der Waals surface area contributed by atoms with Crippen LogP contribution in [0.15, 0.2) is 11.6 Å². The molecule has 0 aromatic rings. The molecule has 0 radical (unpaired) electrons. The van der Waals surface area contributed by atoms with Gasteiger partial charge in [0, 0.05) is 6.42 Å². The summed E-state index contributed by atoms with van der Waals surface area (Å²) in [6.07, 6.45) is 7.70. The zero-order valence-corrected chi connectivity index (χ0v) is 9.83. The van der Waals surface area contributed by atoms with Crippen LogP contribution in [0, 0.1) is 16.7 Å². The van der Waals surface area contributed by atoms with E-state index >= 15 is 0 Å². The van der Waals surface area contributed by atoms with Crippen molar-refractivity contribution in [2.75, 3.05) is 0 Å². The first-order chi connectivity index (χ1) is 7.64. The molecule has 3 nitrogen and oxygen atoms in total. The number of carbonyl (C=O) groups is 1. The van der Waals surface area contributed by atoms with Crippen LogP contribution in [-0.2, 0) is 4.79 Å². The molecule has 0 aromatic heterocycles. The maximum absolute atomic E-state index is 10.6. The lowest BCUT2D eigenvalue weighted by Gasteiger charge is -2.30. The molecule has 0 saturated heterocycles. The van der Waals surface area contributed by atoms with Crippen LogP contribution in [0.3, 0.4) is 0 Å². The van der Waals surface area contributed by atoms with Crippen molar-refractivity contribution < 1.29 is 9.90 Å². The first kappa shape index (κ1) is 12.8. The van der Waals surface area contributed by atoms with Gasteiger partial charge in [0.05, 0.1) is 11.5 Å². The molecule has 0 spiro atoms. The molecule has 1 aliphatic rings. The molecule has 0 bridgehead atoms. The highest BCUT2D eigenvalue weighted by molar-refractivity contribution is 5.66. The van der Waals surface area contributed by atoms with Crippen molar-refractivity contribution in [1.29, 1.82) is 5.26 Å². The van der Waals surface area contributed by atoms with Crippen LogP contribution < -0.4 is 0 Å². The van der Waals surface area contributed by atoms with Gasteiger partial charge in [-0.25, -0.2) is 0 Å².